The molecule has 0 saturated carbocycles. The van der Waals surface area contributed by atoms with Crippen LogP contribution in [0.5, 0.6) is 5.75 Å². The summed E-state index contributed by atoms with van der Waals surface area (Å²) in [5.41, 5.74) is 2.01. The minimum Gasteiger partial charge on any atom is -0.492 e. The summed E-state index contributed by atoms with van der Waals surface area (Å²) in [6, 6.07) is 9.34. The van der Waals surface area contributed by atoms with E-state index in [-0.39, 0.29) is 10.9 Å². The summed E-state index contributed by atoms with van der Waals surface area (Å²) in [6.07, 6.45) is 4.31. The van der Waals surface area contributed by atoms with Gasteiger partial charge in [0.05, 0.1) is 12.6 Å². The molecule has 3 rings (SSSR count). The van der Waals surface area contributed by atoms with Crippen molar-refractivity contribution in [1.29, 1.82) is 0 Å². The summed E-state index contributed by atoms with van der Waals surface area (Å²) in [5, 5.41) is 0. The predicted molar refractivity (Wildman–Crippen MR) is 106 cm³/mol. The van der Waals surface area contributed by atoms with Crippen molar-refractivity contribution in [3.63, 3.8) is 0 Å². The van der Waals surface area contributed by atoms with Gasteiger partial charge in [-0.2, -0.15) is 0 Å². The Kier molecular flexibility index (Phi) is 6.24. The lowest BCUT2D eigenvalue weighted by atomic mass is 10.2. The number of ether oxygens (including phenoxy) is 1. The van der Waals surface area contributed by atoms with Crippen LogP contribution in [-0.2, 0) is 17.1 Å². The smallest absolute Gasteiger partial charge is 0.244 e. The normalized spacial score (nSPS) is 16.6. The van der Waals surface area contributed by atoms with Gasteiger partial charge >= 0.3 is 0 Å². The van der Waals surface area contributed by atoms with E-state index in [0.717, 1.165) is 37.2 Å². The Morgan fingerprint density at radius 1 is 1.22 bits per heavy atom. The van der Waals surface area contributed by atoms with Crippen LogP contribution in [0.15, 0.2) is 41.4 Å². The van der Waals surface area contributed by atoms with Crippen molar-refractivity contribution in [3.05, 3.63) is 47.8 Å². The summed E-state index contributed by atoms with van der Waals surface area (Å²) in [4.78, 5) is 2.56. The van der Waals surface area contributed by atoms with E-state index >= 15 is 0 Å². The SMILES string of the molecule is CCOc1ccc(C)cc1S(=O)(=O)NC[C@H](c1cccn1C)N1CCCC1. The van der Waals surface area contributed by atoms with Crippen LogP contribution in [0.1, 0.15) is 37.1 Å². The van der Waals surface area contributed by atoms with Gasteiger partial charge in [0.2, 0.25) is 10.0 Å². The van der Waals surface area contributed by atoms with Crippen LogP contribution in [0.3, 0.4) is 0 Å². The fourth-order valence-electron chi connectivity index (χ4n) is 3.66. The maximum absolute atomic E-state index is 13.0. The maximum atomic E-state index is 13.0. The first-order chi connectivity index (χ1) is 12.9. The van der Waals surface area contributed by atoms with Gasteiger partial charge in [-0.15, -0.1) is 0 Å². The predicted octanol–water partition coefficient (Wildman–Crippen LogP) is 2.85. The van der Waals surface area contributed by atoms with Crippen molar-refractivity contribution in [3.8, 4) is 5.75 Å². The fraction of sp³-hybridized carbons (Fsp3) is 0.500. The van der Waals surface area contributed by atoms with Gasteiger partial charge in [0.1, 0.15) is 10.6 Å². The molecule has 1 N–H and O–H groups in total. The molecule has 6 nitrogen and oxygen atoms in total. The van der Waals surface area contributed by atoms with Crippen molar-refractivity contribution in [1.82, 2.24) is 14.2 Å². The molecule has 1 aliphatic rings. The van der Waals surface area contributed by atoms with Crippen molar-refractivity contribution in [2.45, 2.75) is 37.6 Å². The van der Waals surface area contributed by atoms with Crippen LogP contribution in [0.4, 0.5) is 0 Å². The van der Waals surface area contributed by atoms with Crippen LogP contribution >= 0.6 is 0 Å². The number of rotatable bonds is 8. The molecule has 0 unspecified atom stereocenters. The van der Waals surface area contributed by atoms with Gasteiger partial charge in [-0.05, 0) is 69.6 Å². The number of sulfonamides is 1. The van der Waals surface area contributed by atoms with Crippen molar-refractivity contribution >= 4 is 10.0 Å². The van der Waals surface area contributed by atoms with E-state index in [0.29, 0.717) is 18.9 Å². The van der Waals surface area contributed by atoms with Gasteiger partial charge in [0.15, 0.2) is 0 Å². The zero-order chi connectivity index (χ0) is 19.4. The van der Waals surface area contributed by atoms with Crippen molar-refractivity contribution in [2.75, 3.05) is 26.2 Å². The minimum absolute atomic E-state index is 0.0163. The minimum atomic E-state index is -3.68. The summed E-state index contributed by atoms with van der Waals surface area (Å²) >= 11 is 0. The third kappa shape index (κ3) is 4.54. The Hall–Kier alpha value is -1.83. The lowest BCUT2D eigenvalue weighted by Gasteiger charge is -2.28. The van der Waals surface area contributed by atoms with Gasteiger partial charge < -0.3 is 9.30 Å². The lowest BCUT2D eigenvalue weighted by molar-refractivity contribution is 0.238. The second-order valence-electron chi connectivity index (χ2n) is 7.04. The Labute approximate surface area is 162 Å². The third-order valence-corrected chi connectivity index (χ3v) is 6.51. The lowest BCUT2D eigenvalue weighted by Crippen LogP contribution is -2.37. The Morgan fingerprint density at radius 3 is 2.59 bits per heavy atom. The van der Waals surface area contributed by atoms with E-state index in [2.05, 4.69) is 20.3 Å². The maximum Gasteiger partial charge on any atom is 0.244 e. The molecule has 1 aliphatic heterocycles. The van der Waals surface area contributed by atoms with Crippen LogP contribution in [-0.4, -0.2) is 44.1 Å². The Bertz CT molecular complexity index is 870. The van der Waals surface area contributed by atoms with Crippen LogP contribution in [0.2, 0.25) is 0 Å². The molecule has 27 heavy (non-hydrogen) atoms. The van der Waals surface area contributed by atoms with E-state index in [1.165, 1.54) is 0 Å². The molecule has 0 aliphatic carbocycles. The molecule has 1 atom stereocenters. The second-order valence-corrected chi connectivity index (χ2v) is 8.77. The molecule has 0 radical (unpaired) electrons. The highest BCUT2D eigenvalue weighted by atomic mass is 32.2. The Morgan fingerprint density at radius 2 is 1.96 bits per heavy atom. The van der Waals surface area contributed by atoms with Gasteiger partial charge in [-0.1, -0.05) is 6.07 Å². The molecule has 1 saturated heterocycles. The van der Waals surface area contributed by atoms with E-state index in [1.54, 1.807) is 12.1 Å². The summed E-state index contributed by atoms with van der Waals surface area (Å²) in [5.74, 6) is 0.396. The topological polar surface area (TPSA) is 63.6 Å². The molecule has 0 amide bonds. The Balaban J connectivity index is 1.84. The average Bonchev–Trinajstić information content (AvgIpc) is 3.30. The van der Waals surface area contributed by atoms with Gasteiger partial charge in [0.25, 0.3) is 0 Å². The quantitative estimate of drug-likeness (QED) is 0.752. The first-order valence-electron chi connectivity index (χ1n) is 9.51. The van der Waals surface area contributed by atoms with E-state index < -0.39 is 10.0 Å². The fourth-order valence-corrected chi connectivity index (χ4v) is 4.93. The summed E-state index contributed by atoms with van der Waals surface area (Å²) < 4.78 is 36.5. The van der Waals surface area contributed by atoms with E-state index in [1.807, 2.05) is 39.2 Å². The number of nitrogens with one attached hydrogen (secondary N) is 1. The first kappa shape index (κ1) is 19.9. The van der Waals surface area contributed by atoms with Crippen molar-refractivity contribution < 1.29 is 13.2 Å². The molecule has 0 spiro atoms. The van der Waals surface area contributed by atoms with Gasteiger partial charge in [-0.3, -0.25) is 4.90 Å². The van der Waals surface area contributed by atoms with Crippen molar-refractivity contribution in [2.24, 2.45) is 7.05 Å². The molecule has 2 aromatic rings. The zero-order valence-corrected chi connectivity index (χ0v) is 17.1. The molecular weight excluding hydrogens is 362 g/mol. The molecular formula is C20H29N3O3S. The second kappa shape index (κ2) is 8.46. The van der Waals surface area contributed by atoms with E-state index in [9.17, 15) is 8.42 Å². The summed E-state index contributed by atoms with van der Waals surface area (Å²) in [7, 11) is -1.67. The number of hydrogen-bond acceptors (Lipinski definition) is 4. The number of nitrogens with zero attached hydrogens (tertiary/aromatic N) is 2. The first-order valence-corrected chi connectivity index (χ1v) is 11.0. The van der Waals surface area contributed by atoms with Gasteiger partial charge in [-0.25, -0.2) is 13.1 Å². The molecule has 7 heteroatoms. The highest BCUT2D eigenvalue weighted by Crippen LogP contribution is 2.28. The molecule has 1 fully saturated rings. The molecule has 1 aromatic carbocycles. The number of hydrogen-bond donors (Lipinski definition) is 1. The van der Waals surface area contributed by atoms with Gasteiger partial charge in [0, 0.05) is 25.5 Å². The number of aromatic nitrogens is 1. The standard InChI is InChI=1S/C20H29N3O3S/c1-4-26-19-10-9-16(2)14-20(19)27(24,25)21-15-18(23-12-5-6-13-23)17-8-7-11-22(17)3/h7-11,14,18,21H,4-6,12-13,15H2,1-3H3/t18-/m1/s1. The highest BCUT2D eigenvalue weighted by molar-refractivity contribution is 7.89. The number of aryl methyl sites for hydroxylation is 2. The van der Waals surface area contributed by atoms with Crippen LogP contribution in [0, 0.1) is 6.92 Å². The van der Waals surface area contributed by atoms with E-state index in [4.69, 9.17) is 4.74 Å². The highest BCUT2D eigenvalue weighted by Gasteiger charge is 2.28. The van der Waals surface area contributed by atoms with Crippen LogP contribution in [0.25, 0.3) is 0 Å². The number of benzene rings is 1. The molecule has 1 aromatic heterocycles. The zero-order valence-electron chi connectivity index (χ0n) is 16.3. The molecule has 2 heterocycles. The average molecular weight is 392 g/mol. The summed E-state index contributed by atoms with van der Waals surface area (Å²) in [6.45, 7) is 6.47. The number of likely N-dealkylation sites (tertiary alicyclic amines) is 1. The third-order valence-electron chi connectivity index (χ3n) is 5.06. The largest absolute Gasteiger partial charge is 0.492 e. The molecule has 0 bridgehead atoms. The molecule has 148 valence electrons. The monoisotopic (exact) mass is 391 g/mol. The van der Waals surface area contributed by atoms with Crippen LogP contribution < -0.4 is 9.46 Å².